The van der Waals surface area contributed by atoms with E-state index in [1.54, 1.807) is 18.4 Å². The van der Waals surface area contributed by atoms with Gasteiger partial charge in [0.05, 0.1) is 19.3 Å². The topological polar surface area (TPSA) is 75.6 Å². The number of nitrogens with one attached hydrogen (secondary N) is 2. The van der Waals surface area contributed by atoms with E-state index in [9.17, 15) is 4.79 Å². The molecule has 0 unspecified atom stereocenters. The SMILES string of the molecule is CN=C(NCCCCCC(=O)OC)NCc1nc(C)c(C)s1.I. The summed E-state index contributed by atoms with van der Waals surface area (Å²) in [5.41, 5.74) is 1.09. The van der Waals surface area contributed by atoms with Crippen LogP contribution in [0.1, 0.15) is 41.3 Å². The van der Waals surface area contributed by atoms with Crippen molar-refractivity contribution in [2.75, 3.05) is 20.7 Å². The van der Waals surface area contributed by atoms with Crippen molar-refractivity contribution in [1.29, 1.82) is 0 Å². The zero-order valence-corrected chi connectivity index (χ0v) is 17.4. The van der Waals surface area contributed by atoms with Crippen molar-refractivity contribution in [2.24, 2.45) is 4.99 Å². The summed E-state index contributed by atoms with van der Waals surface area (Å²) in [6.07, 6.45) is 3.33. The van der Waals surface area contributed by atoms with Crippen molar-refractivity contribution in [1.82, 2.24) is 15.6 Å². The van der Waals surface area contributed by atoms with E-state index in [0.29, 0.717) is 13.0 Å². The summed E-state index contributed by atoms with van der Waals surface area (Å²) in [6.45, 7) is 5.62. The van der Waals surface area contributed by atoms with Crippen molar-refractivity contribution < 1.29 is 9.53 Å². The first kappa shape index (κ1) is 22.1. The van der Waals surface area contributed by atoms with Gasteiger partial charge in [-0.1, -0.05) is 6.42 Å². The summed E-state index contributed by atoms with van der Waals surface area (Å²) in [6, 6.07) is 0. The summed E-state index contributed by atoms with van der Waals surface area (Å²) in [5.74, 6) is 0.637. The number of aliphatic imine (C=N–C) groups is 1. The predicted octanol–water partition coefficient (Wildman–Crippen LogP) is 2.78. The fourth-order valence-corrected chi connectivity index (χ4v) is 2.75. The number of carbonyl (C=O) groups excluding carboxylic acids is 1. The molecule has 2 N–H and O–H groups in total. The minimum atomic E-state index is -0.139. The molecule has 132 valence electrons. The fourth-order valence-electron chi connectivity index (χ4n) is 1.87. The van der Waals surface area contributed by atoms with Crippen LogP contribution in [0.2, 0.25) is 0 Å². The number of unbranched alkanes of at least 4 members (excludes halogenated alkanes) is 2. The maximum Gasteiger partial charge on any atom is 0.305 e. The number of rotatable bonds is 8. The molecule has 0 aromatic carbocycles. The molecule has 0 aliphatic carbocycles. The van der Waals surface area contributed by atoms with Gasteiger partial charge in [0.1, 0.15) is 5.01 Å². The van der Waals surface area contributed by atoms with E-state index in [4.69, 9.17) is 0 Å². The normalized spacial score (nSPS) is 10.9. The van der Waals surface area contributed by atoms with E-state index >= 15 is 0 Å². The fraction of sp³-hybridized carbons (Fsp3) is 0.667. The van der Waals surface area contributed by atoms with Crippen LogP contribution in [0.15, 0.2) is 4.99 Å². The number of aromatic nitrogens is 1. The van der Waals surface area contributed by atoms with Crippen LogP contribution in [0.5, 0.6) is 0 Å². The Hall–Kier alpha value is -0.900. The highest BCUT2D eigenvalue weighted by atomic mass is 127. The quantitative estimate of drug-likeness (QED) is 0.208. The molecule has 1 aromatic rings. The first-order valence-corrected chi connectivity index (χ1v) is 8.32. The Morgan fingerprint density at radius 1 is 1.26 bits per heavy atom. The van der Waals surface area contributed by atoms with Crippen LogP contribution >= 0.6 is 35.3 Å². The van der Waals surface area contributed by atoms with Gasteiger partial charge in [-0.05, 0) is 26.7 Å². The molecule has 0 atom stereocenters. The summed E-state index contributed by atoms with van der Waals surface area (Å²) < 4.78 is 4.61. The lowest BCUT2D eigenvalue weighted by Crippen LogP contribution is -2.37. The van der Waals surface area contributed by atoms with Gasteiger partial charge in [0.2, 0.25) is 0 Å². The predicted molar refractivity (Wildman–Crippen MR) is 106 cm³/mol. The molecule has 1 aromatic heterocycles. The number of ether oxygens (including phenoxy) is 1. The van der Waals surface area contributed by atoms with E-state index in [-0.39, 0.29) is 29.9 Å². The molecule has 1 rings (SSSR count). The van der Waals surface area contributed by atoms with E-state index in [1.165, 1.54) is 12.0 Å². The Balaban J connectivity index is 0.00000484. The van der Waals surface area contributed by atoms with E-state index in [1.807, 2.05) is 6.92 Å². The molecular formula is C15H27IN4O2S. The van der Waals surface area contributed by atoms with Crippen LogP contribution in [0, 0.1) is 13.8 Å². The number of thiazole rings is 1. The van der Waals surface area contributed by atoms with Crippen LogP contribution in [0.25, 0.3) is 0 Å². The molecule has 23 heavy (non-hydrogen) atoms. The highest BCUT2D eigenvalue weighted by Gasteiger charge is 2.04. The molecule has 0 radical (unpaired) electrons. The van der Waals surface area contributed by atoms with Crippen molar-refractivity contribution in [3.63, 3.8) is 0 Å². The van der Waals surface area contributed by atoms with Gasteiger partial charge in [-0.15, -0.1) is 35.3 Å². The molecule has 8 heteroatoms. The lowest BCUT2D eigenvalue weighted by Gasteiger charge is -2.10. The number of esters is 1. The van der Waals surface area contributed by atoms with E-state index < -0.39 is 0 Å². The van der Waals surface area contributed by atoms with Crippen LogP contribution in [0.3, 0.4) is 0 Å². The zero-order chi connectivity index (χ0) is 16.4. The minimum absolute atomic E-state index is 0. The van der Waals surface area contributed by atoms with Gasteiger partial charge in [-0.2, -0.15) is 0 Å². The second kappa shape index (κ2) is 12.5. The molecule has 0 saturated carbocycles. The van der Waals surface area contributed by atoms with Gasteiger partial charge in [-0.3, -0.25) is 9.79 Å². The van der Waals surface area contributed by atoms with Crippen molar-refractivity contribution in [3.05, 3.63) is 15.6 Å². The van der Waals surface area contributed by atoms with Gasteiger partial charge in [0.15, 0.2) is 5.96 Å². The van der Waals surface area contributed by atoms with Crippen molar-refractivity contribution in [2.45, 2.75) is 46.1 Å². The van der Waals surface area contributed by atoms with E-state index in [2.05, 4.69) is 32.3 Å². The molecule has 0 aliphatic rings. The Morgan fingerprint density at radius 2 is 2.00 bits per heavy atom. The Bertz CT molecular complexity index is 486. The zero-order valence-electron chi connectivity index (χ0n) is 14.3. The number of hydrogen-bond donors (Lipinski definition) is 2. The van der Waals surface area contributed by atoms with Gasteiger partial charge in [0.25, 0.3) is 0 Å². The van der Waals surface area contributed by atoms with Crippen LogP contribution in [0.4, 0.5) is 0 Å². The monoisotopic (exact) mass is 454 g/mol. The van der Waals surface area contributed by atoms with Crippen molar-refractivity contribution in [3.8, 4) is 0 Å². The molecule has 0 fully saturated rings. The summed E-state index contributed by atoms with van der Waals surface area (Å²) in [7, 11) is 3.18. The smallest absolute Gasteiger partial charge is 0.305 e. The number of nitrogens with zero attached hydrogens (tertiary/aromatic N) is 2. The third-order valence-corrected chi connectivity index (χ3v) is 4.35. The van der Waals surface area contributed by atoms with Crippen LogP contribution in [-0.2, 0) is 16.1 Å². The molecule has 0 saturated heterocycles. The van der Waals surface area contributed by atoms with E-state index in [0.717, 1.165) is 42.5 Å². The number of methoxy groups -OCH3 is 1. The second-order valence-electron chi connectivity index (χ2n) is 4.99. The minimum Gasteiger partial charge on any atom is -0.469 e. The summed E-state index contributed by atoms with van der Waals surface area (Å²) in [4.78, 5) is 20.9. The summed E-state index contributed by atoms with van der Waals surface area (Å²) >= 11 is 1.71. The lowest BCUT2D eigenvalue weighted by atomic mass is 10.2. The lowest BCUT2D eigenvalue weighted by molar-refractivity contribution is -0.140. The van der Waals surface area contributed by atoms with Gasteiger partial charge in [-0.25, -0.2) is 4.98 Å². The Morgan fingerprint density at radius 3 is 2.57 bits per heavy atom. The Labute approximate surface area is 159 Å². The maximum atomic E-state index is 11.0. The standard InChI is InChI=1S/C15H26N4O2S.HI/c1-11-12(2)22-13(19-11)10-18-15(16-3)17-9-7-5-6-8-14(20)21-4;/h5-10H2,1-4H3,(H2,16,17,18);1H. The number of halogens is 1. The van der Waals surface area contributed by atoms with Crippen LogP contribution < -0.4 is 10.6 Å². The van der Waals surface area contributed by atoms with Gasteiger partial charge in [0, 0.05) is 24.9 Å². The van der Waals surface area contributed by atoms with Gasteiger partial charge < -0.3 is 15.4 Å². The molecule has 0 amide bonds. The largest absolute Gasteiger partial charge is 0.469 e. The van der Waals surface area contributed by atoms with Crippen LogP contribution in [-0.4, -0.2) is 37.6 Å². The number of aryl methyl sites for hydroxylation is 2. The molecule has 0 spiro atoms. The Kier molecular flexibility index (Phi) is 12.0. The maximum absolute atomic E-state index is 11.0. The first-order chi connectivity index (χ1) is 10.6. The number of carbonyl (C=O) groups is 1. The molecular weight excluding hydrogens is 427 g/mol. The number of guanidine groups is 1. The molecule has 1 heterocycles. The molecule has 0 bridgehead atoms. The van der Waals surface area contributed by atoms with Gasteiger partial charge >= 0.3 is 5.97 Å². The number of hydrogen-bond acceptors (Lipinski definition) is 5. The van der Waals surface area contributed by atoms with Crippen molar-refractivity contribution >= 4 is 47.2 Å². The highest BCUT2D eigenvalue weighted by molar-refractivity contribution is 14.0. The average molecular weight is 454 g/mol. The highest BCUT2D eigenvalue weighted by Crippen LogP contribution is 2.15. The molecule has 6 nitrogen and oxygen atoms in total. The molecule has 0 aliphatic heterocycles. The third-order valence-electron chi connectivity index (χ3n) is 3.28. The second-order valence-corrected chi connectivity index (χ2v) is 6.28. The average Bonchev–Trinajstić information content (AvgIpc) is 2.83. The summed E-state index contributed by atoms with van der Waals surface area (Å²) in [5, 5.41) is 7.59. The third kappa shape index (κ3) is 9.09. The first-order valence-electron chi connectivity index (χ1n) is 7.51.